The number of aromatic carboxylic acids is 2. The monoisotopic (exact) mass is 390 g/mol. The quantitative estimate of drug-likeness (QED) is 0.536. The van der Waals surface area contributed by atoms with Crippen molar-refractivity contribution in [1.29, 1.82) is 0 Å². The summed E-state index contributed by atoms with van der Waals surface area (Å²) in [6, 6.07) is 4.44. The molecule has 9 nitrogen and oxygen atoms in total. The molecule has 2 rings (SSSR count). The standard InChI is InChI=1S/C19H22N2O7/c1-4-27-12-7-10(5-6-11(12)28-8-9(2)3)13-14(18(23)24)16(20)21-17(22)15(13)19(25)26/h5-7,9H,4,8H2,1-3H3,(H,23,24)(H,25,26)(H3,20,21,22). The first kappa shape index (κ1) is 20.8. The zero-order valence-corrected chi connectivity index (χ0v) is 15.7. The maximum absolute atomic E-state index is 12.1. The smallest absolute Gasteiger partial charge is 0.342 e. The van der Waals surface area contributed by atoms with Gasteiger partial charge in [-0.3, -0.25) is 4.79 Å². The van der Waals surface area contributed by atoms with Crippen LogP contribution in [0, 0.1) is 5.92 Å². The van der Waals surface area contributed by atoms with Gasteiger partial charge in [-0.2, -0.15) is 0 Å². The number of carboxylic acids is 2. The van der Waals surface area contributed by atoms with Gasteiger partial charge in [-0.1, -0.05) is 19.9 Å². The fourth-order valence-corrected chi connectivity index (χ4v) is 2.64. The molecule has 0 radical (unpaired) electrons. The number of ether oxygens (including phenoxy) is 2. The maximum Gasteiger partial charge on any atom is 0.342 e. The Kier molecular flexibility index (Phi) is 6.29. The summed E-state index contributed by atoms with van der Waals surface area (Å²) in [5, 5.41) is 19.0. The third kappa shape index (κ3) is 4.25. The van der Waals surface area contributed by atoms with Crippen molar-refractivity contribution in [2.45, 2.75) is 20.8 Å². The molecule has 0 aliphatic heterocycles. The Balaban J connectivity index is 2.76. The molecule has 150 valence electrons. The molecular formula is C19H22N2O7. The Labute approximate surface area is 160 Å². The summed E-state index contributed by atoms with van der Waals surface area (Å²) in [6.07, 6.45) is 0. The molecule has 0 fully saturated rings. The number of hydrogen-bond acceptors (Lipinski definition) is 6. The van der Waals surface area contributed by atoms with Crippen LogP contribution in [0.5, 0.6) is 11.5 Å². The number of carbonyl (C=O) groups is 2. The SMILES string of the molecule is CCOc1cc(-c2c(C(=O)O)c(N)[nH]c(=O)c2C(=O)O)ccc1OCC(C)C. The van der Waals surface area contributed by atoms with Crippen LogP contribution in [0.15, 0.2) is 23.0 Å². The fraction of sp³-hybridized carbons (Fsp3) is 0.316. The number of hydrogen-bond donors (Lipinski definition) is 4. The van der Waals surface area contributed by atoms with Gasteiger partial charge in [-0.05, 0) is 30.5 Å². The number of carboxylic acid groups (broad SMARTS) is 2. The molecule has 0 atom stereocenters. The van der Waals surface area contributed by atoms with E-state index in [-0.39, 0.29) is 17.0 Å². The van der Waals surface area contributed by atoms with Gasteiger partial charge < -0.3 is 30.4 Å². The number of rotatable bonds is 8. The van der Waals surface area contributed by atoms with Crippen LogP contribution >= 0.6 is 0 Å². The first-order valence-corrected chi connectivity index (χ1v) is 8.59. The highest BCUT2D eigenvalue weighted by Crippen LogP contribution is 2.36. The van der Waals surface area contributed by atoms with E-state index < -0.39 is 34.4 Å². The Hall–Kier alpha value is -3.49. The van der Waals surface area contributed by atoms with E-state index in [9.17, 15) is 24.6 Å². The molecule has 0 amide bonds. The van der Waals surface area contributed by atoms with Crippen molar-refractivity contribution in [3.05, 3.63) is 39.7 Å². The first-order chi connectivity index (χ1) is 13.2. The van der Waals surface area contributed by atoms with Gasteiger partial charge in [-0.15, -0.1) is 0 Å². The van der Waals surface area contributed by atoms with Gasteiger partial charge in [0.1, 0.15) is 16.9 Å². The van der Waals surface area contributed by atoms with E-state index in [0.717, 1.165) is 0 Å². The molecule has 1 heterocycles. The van der Waals surface area contributed by atoms with Gasteiger partial charge in [0.15, 0.2) is 11.5 Å². The van der Waals surface area contributed by atoms with Gasteiger partial charge >= 0.3 is 11.9 Å². The lowest BCUT2D eigenvalue weighted by Gasteiger charge is -2.16. The van der Waals surface area contributed by atoms with Crippen molar-refractivity contribution in [2.75, 3.05) is 18.9 Å². The molecule has 9 heteroatoms. The summed E-state index contributed by atoms with van der Waals surface area (Å²) in [5.74, 6) is -2.49. The molecular weight excluding hydrogens is 368 g/mol. The summed E-state index contributed by atoms with van der Waals surface area (Å²) in [6.45, 7) is 6.45. The van der Waals surface area contributed by atoms with Crippen LogP contribution in [-0.2, 0) is 0 Å². The predicted octanol–water partition coefficient (Wildman–Crippen LogP) is 2.45. The van der Waals surface area contributed by atoms with Crippen molar-refractivity contribution < 1.29 is 29.3 Å². The molecule has 0 saturated heterocycles. The highest BCUT2D eigenvalue weighted by atomic mass is 16.5. The van der Waals surface area contributed by atoms with Crippen LogP contribution in [0.2, 0.25) is 0 Å². The van der Waals surface area contributed by atoms with Crippen LogP contribution in [0.4, 0.5) is 5.82 Å². The van der Waals surface area contributed by atoms with E-state index >= 15 is 0 Å². The lowest BCUT2D eigenvalue weighted by atomic mass is 9.95. The second kappa shape index (κ2) is 8.47. The van der Waals surface area contributed by atoms with Crippen LogP contribution in [0.3, 0.4) is 0 Å². The van der Waals surface area contributed by atoms with Gasteiger partial charge in [0.05, 0.1) is 13.2 Å². The molecule has 0 aliphatic rings. The van der Waals surface area contributed by atoms with Gasteiger partial charge in [0, 0.05) is 5.56 Å². The maximum atomic E-state index is 12.1. The molecule has 0 bridgehead atoms. The zero-order chi connectivity index (χ0) is 21.0. The Morgan fingerprint density at radius 1 is 1.11 bits per heavy atom. The first-order valence-electron chi connectivity index (χ1n) is 8.59. The summed E-state index contributed by atoms with van der Waals surface area (Å²) < 4.78 is 11.3. The normalized spacial score (nSPS) is 10.7. The Morgan fingerprint density at radius 2 is 1.75 bits per heavy atom. The van der Waals surface area contributed by atoms with Crippen molar-refractivity contribution in [1.82, 2.24) is 4.98 Å². The third-order valence-electron chi connectivity index (χ3n) is 3.78. The van der Waals surface area contributed by atoms with Crippen LogP contribution in [0.1, 0.15) is 41.5 Å². The zero-order valence-electron chi connectivity index (χ0n) is 15.7. The largest absolute Gasteiger partial charge is 0.490 e. The van der Waals surface area contributed by atoms with Crippen LogP contribution < -0.4 is 20.8 Å². The number of aromatic nitrogens is 1. The van der Waals surface area contributed by atoms with E-state index in [4.69, 9.17) is 15.2 Å². The van der Waals surface area contributed by atoms with Gasteiger partial charge in [0.2, 0.25) is 0 Å². The molecule has 2 aromatic rings. The van der Waals surface area contributed by atoms with E-state index in [1.807, 2.05) is 13.8 Å². The Bertz CT molecular complexity index is 963. The van der Waals surface area contributed by atoms with Crippen molar-refractivity contribution in [3.8, 4) is 22.6 Å². The predicted molar refractivity (Wildman–Crippen MR) is 102 cm³/mol. The lowest BCUT2D eigenvalue weighted by molar-refractivity contribution is 0.0695. The average molecular weight is 390 g/mol. The molecule has 1 aromatic carbocycles. The highest BCUT2D eigenvalue weighted by Gasteiger charge is 2.27. The number of H-pyrrole nitrogens is 1. The fourth-order valence-electron chi connectivity index (χ4n) is 2.64. The minimum atomic E-state index is -1.57. The lowest BCUT2D eigenvalue weighted by Crippen LogP contribution is -2.24. The average Bonchev–Trinajstić information content (AvgIpc) is 2.59. The number of nitrogens with one attached hydrogen (secondary N) is 1. The van der Waals surface area contributed by atoms with Gasteiger partial charge in [0.25, 0.3) is 5.56 Å². The van der Waals surface area contributed by atoms with E-state index in [1.54, 1.807) is 6.92 Å². The van der Waals surface area contributed by atoms with Crippen LogP contribution in [0.25, 0.3) is 11.1 Å². The number of nitrogen functional groups attached to an aromatic ring is 1. The number of aromatic amines is 1. The Morgan fingerprint density at radius 3 is 2.29 bits per heavy atom. The number of anilines is 1. The topological polar surface area (TPSA) is 152 Å². The molecule has 0 aliphatic carbocycles. The number of pyridine rings is 1. The molecule has 0 saturated carbocycles. The van der Waals surface area contributed by atoms with Crippen LogP contribution in [-0.4, -0.2) is 40.3 Å². The summed E-state index contributed by atoms with van der Waals surface area (Å²) in [5.41, 5.74) is 3.30. The summed E-state index contributed by atoms with van der Waals surface area (Å²) >= 11 is 0. The van der Waals surface area contributed by atoms with E-state index in [2.05, 4.69) is 4.98 Å². The second-order valence-electron chi connectivity index (χ2n) is 6.40. The number of nitrogens with two attached hydrogens (primary N) is 1. The van der Waals surface area contributed by atoms with Crippen molar-refractivity contribution in [3.63, 3.8) is 0 Å². The second-order valence-corrected chi connectivity index (χ2v) is 6.40. The summed E-state index contributed by atoms with van der Waals surface area (Å²) in [7, 11) is 0. The van der Waals surface area contributed by atoms with E-state index in [1.165, 1.54) is 18.2 Å². The van der Waals surface area contributed by atoms with Gasteiger partial charge in [-0.25, -0.2) is 9.59 Å². The minimum absolute atomic E-state index is 0.160. The minimum Gasteiger partial charge on any atom is -0.490 e. The number of benzene rings is 1. The molecule has 0 unspecified atom stereocenters. The third-order valence-corrected chi connectivity index (χ3v) is 3.78. The molecule has 28 heavy (non-hydrogen) atoms. The highest BCUT2D eigenvalue weighted by molar-refractivity contribution is 6.07. The summed E-state index contributed by atoms with van der Waals surface area (Å²) in [4.78, 5) is 37.6. The molecule has 5 N–H and O–H groups in total. The van der Waals surface area contributed by atoms with Crippen molar-refractivity contribution in [2.24, 2.45) is 5.92 Å². The molecule has 1 aromatic heterocycles. The van der Waals surface area contributed by atoms with Crippen molar-refractivity contribution >= 4 is 17.8 Å². The molecule has 0 spiro atoms. The van der Waals surface area contributed by atoms with E-state index in [0.29, 0.717) is 24.7 Å².